The number of hydrogen-bond donors (Lipinski definition) is 1. The van der Waals surface area contributed by atoms with Gasteiger partial charge in [0.25, 0.3) is 0 Å². The summed E-state index contributed by atoms with van der Waals surface area (Å²) in [6, 6.07) is 0.502. The van der Waals surface area contributed by atoms with E-state index in [0.717, 1.165) is 18.5 Å². The second-order valence-electron chi connectivity index (χ2n) is 3.92. The molecular weight excluding hydrogens is 150 g/mol. The number of ketones is 1. The van der Waals surface area contributed by atoms with Crippen LogP contribution in [-0.4, -0.2) is 18.4 Å². The number of allylic oxidation sites excluding steroid dienone is 1. The van der Waals surface area contributed by atoms with Gasteiger partial charge in [0.2, 0.25) is 0 Å². The first-order valence-electron chi connectivity index (χ1n) is 4.64. The van der Waals surface area contributed by atoms with E-state index in [2.05, 4.69) is 12.2 Å². The predicted octanol–water partition coefficient (Wildman–Crippen LogP) is 1.27. The Bertz CT molecular complexity index is 255. The second-order valence-corrected chi connectivity index (χ2v) is 3.92. The molecule has 1 aliphatic heterocycles. The monoisotopic (exact) mass is 165 g/mol. The van der Waals surface area contributed by atoms with Gasteiger partial charge in [-0.3, -0.25) is 4.79 Å². The average Bonchev–Trinajstić information content (AvgIpc) is 2.48. The zero-order chi connectivity index (χ0) is 8.72. The molecule has 1 N–H and O–H groups in total. The smallest absolute Gasteiger partial charge is 0.158 e. The van der Waals surface area contributed by atoms with Gasteiger partial charge >= 0.3 is 0 Å². The highest BCUT2D eigenvalue weighted by Crippen LogP contribution is 2.32. The maximum absolute atomic E-state index is 11.5. The molecule has 1 saturated heterocycles. The summed E-state index contributed by atoms with van der Waals surface area (Å²) in [6.45, 7) is 5.11. The summed E-state index contributed by atoms with van der Waals surface area (Å²) in [5, 5.41) is 3.45. The fourth-order valence-corrected chi connectivity index (χ4v) is 2.33. The molecule has 0 aromatic heterocycles. The number of carbonyl (C=O) groups excluding carboxylic acids is 1. The lowest BCUT2D eigenvalue weighted by atomic mass is 9.81. The van der Waals surface area contributed by atoms with Gasteiger partial charge in [0.1, 0.15) is 0 Å². The number of Topliss-reactive ketones (excluding diaryl/α,β-unsaturated/α-hetero) is 1. The van der Waals surface area contributed by atoms with Crippen molar-refractivity contribution >= 4 is 5.78 Å². The molecule has 1 aliphatic carbocycles. The van der Waals surface area contributed by atoms with Gasteiger partial charge in [-0.2, -0.15) is 0 Å². The summed E-state index contributed by atoms with van der Waals surface area (Å²) in [6.07, 6.45) is 1.93. The Kier molecular flexibility index (Phi) is 1.80. The molecule has 2 rings (SSSR count). The predicted molar refractivity (Wildman–Crippen MR) is 47.9 cm³/mol. The van der Waals surface area contributed by atoms with Gasteiger partial charge in [0, 0.05) is 12.5 Å². The standard InChI is InChI=1S/C10H15NO/c1-6-7(2)10-8(3-4-11-10)5-9(6)12/h8,10-11H,3-5H2,1-2H3. The van der Waals surface area contributed by atoms with Crippen LogP contribution in [0.2, 0.25) is 0 Å². The highest BCUT2D eigenvalue weighted by molar-refractivity contribution is 5.97. The first-order chi connectivity index (χ1) is 5.70. The van der Waals surface area contributed by atoms with Crippen molar-refractivity contribution in [2.45, 2.75) is 32.7 Å². The molecular formula is C10H15NO. The van der Waals surface area contributed by atoms with E-state index in [9.17, 15) is 4.79 Å². The fraction of sp³-hybridized carbons (Fsp3) is 0.700. The highest BCUT2D eigenvalue weighted by atomic mass is 16.1. The van der Waals surface area contributed by atoms with Crippen LogP contribution < -0.4 is 5.32 Å². The summed E-state index contributed by atoms with van der Waals surface area (Å²) in [5.41, 5.74) is 2.26. The zero-order valence-corrected chi connectivity index (χ0v) is 7.68. The van der Waals surface area contributed by atoms with E-state index in [4.69, 9.17) is 0 Å². The molecule has 0 aromatic carbocycles. The van der Waals surface area contributed by atoms with E-state index >= 15 is 0 Å². The van der Waals surface area contributed by atoms with E-state index < -0.39 is 0 Å². The lowest BCUT2D eigenvalue weighted by Crippen LogP contribution is -2.34. The summed E-state index contributed by atoms with van der Waals surface area (Å²) in [4.78, 5) is 11.5. The fourth-order valence-electron chi connectivity index (χ4n) is 2.33. The normalized spacial score (nSPS) is 35.7. The maximum Gasteiger partial charge on any atom is 0.158 e. The second kappa shape index (κ2) is 2.70. The summed E-state index contributed by atoms with van der Waals surface area (Å²) in [7, 11) is 0. The topological polar surface area (TPSA) is 29.1 Å². The molecule has 1 fully saturated rings. The highest BCUT2D eigenvalue weighted by Gasteiger charge is 2.35. The molecule has 0 spiro atoms. The van der Waals surface area contributed by atoms with Crippen molar-refractivity contribution < 1.29 is 4.79 Å². The summed E-state index contributed by atoms with van der Waals surface area (Å²) < 4.78 is 0. The van der Waals surface area contributed by atoms with Crippen molar-refractivity contribution in [2.24, 2.45) is 5.92 Å². The molecule has 2 aliphatic rings. The van der Waals surface area contributed by atoms with Crippen molar-refractivity contribution in [1.82, 2.24) is 5.32 Å². The lowest BCUT2D eigenvalue weighted by Gasteiger charge is -2.26. The van der Waals surface area contributed by atoms with Gasteiger partial charge in [-0.05, 0) is 43.9 Å². The third-order valence-electron chi connectivity index (χ3n) is 3.27. The Morgan fingerprint density at radius 2 is 2.17 bits per heavy atom. The third-order valence-corrected chi connectivity index (χ3v) is 3.27. The van der Waals surface area contributed by atoms with Crippen LogP contribution in [0.1, 0.15) is 26.7 Å². The molecule has 2 unspecified atom stereocenters. The largest absolute Gasteiger partial charge is 0.310 e. The van der Waals surface area contributed by atoms with Crippen LogP contribution in [0.25, 0.3) is 0 Å². The number of fused-ring (bicyclic) bond motifs is 1. The summed E-state index contributed by atoms with van der Waals surface area (Å²) in [5.74, 6) is 0.943. The molecule has 0 bridgehead atoms. The van der Waals surface area contributed by atoms with Crippen molar-refractivity contribution in [2.75, 3.05) is 6.54 Å². The van der Waals surface area contributed by atoms with Crippen molar-refractivity contribution in [1.29, 1.82) is 0 Å². The molecule has 2 heteroatoms. The molecule has 0 saturated carbocycles. The third kappa shape index (κ3) is 1.02. The minimum Gasteiger partial charge on any atom is -0.310 e. The van der Waals surface area contributed by atoms with Crippen LogP contribution in [0.4, 0.5) is 0 Å². The number of carbonyl (C=O) groups is 1. The van der Waals surface area contributed by atoms with Crippen LogP contribution in [0, 0.1) is 5.92 Å². The van der Waals surface area contributed by atoms with E-state index in [1.54, 1.807) is 0 Å². The van der Waals surface area contributed by atoms with Crippen LogP contribution in [-0.2, 0) is 4.79 Å². The van der Waals surface area contributed by atoms with Crippen molar-refractivity contribution in [3.63, 3.8) is 0 Å². The van der Waals surface area contributed by atoms with E-state index in [1.807, 2.05) is 6.92 Å². The Morgan fingerprint density at radius 1 is 1.42 bits per heavy atom. The van der Waals surface area contributed by atoms with Crippen molar-refractivity contribution in [3.8, 4) is 0 Å². The minimum absolute atomic E-state index is 0.359. The zero-order valence-electron chi connectivity index (χ0n) is 7.68. The van der Waals surface area contributed by atoms with Gasteiger partial charge in [-0.25, -0.2) is 0 Å². The Balaban J connectivity index is 2.34. The van der Waals surface area contributed by atoms with Gasteiger partial charge in [0.05, 0.1) is 0 Å². The summed E-state index contributed by atoms with van der Waals surface area (Å²) >= 11 is 0. The molecule has 1 heterocycles. The lowest BCUT2D eigenvalue weighted by molar-refractivity contribution is -0.117. The van der Waals surface area contributed by atoms with Gasteiger partial charge in [-0.1, -0.05) is 0 Å². The molecule has 0 amide bonds. The van der Waals surface area contributed by atoms with Gasteiger partial charge in [-0.15, -0.1) is 0 Å². The van der Waals surface area contributed by atoms with Crippen LogP contribution in [0.3, 0.4) is 0 Å². The van der Waals surface area contributed by atoms with Gasteiger partial charge in [0.15, 0.2) is 5.78 Å². The maximum atomic E-state index is 11.5. The SMILES string of the molecule is CC1=C(C)C2NCCC2CC1=O. The Morgan fingerprint density at radius 3 is 2.92 bits per heavy atom. The molecule has 0 radical (unpaired) electrons. The van der Waals surface area contributed by atoms with E-state index in [0.29, 0.717) is 17.7 Å². The number of rotatable bonds is 0. The molecule has 12 heavy (non-hydrogen) atoms. The number of nitrogens with one attached hydrogen (secondary N) is 1. The minimum atomic E-state index is 0.359. The van der Waals surface area contributed by atoms with E-state index in [-0.39, 0.29) is 0 Å². The quantitative estimate of drug-likeness (QED) is 0.585. The van der Waals surface area contributed by atoms with Crippen molar-refractivity contribution in [3.05, 3.63) is 11.1 Å². The molecule has 66 valence electrons. The first kappa shape index (κ1) is 7.99. The number of hydrogen-bond acceptors (Lipinski definition) is 2. The van der Waals surface area contributed by atoms with Gasteiger partial charge < -0.3 is 5.32 Å². The van der Waals surface area contributed by atoms with Crippen LogP contribution >= 0.6 is 0 Å². The molecule has 2 nitrogen and oxygen atoms in total. The molecule has 2 atom stereocenters. The van der Waals surface area contributed by atoms with Crippen LogP contribution in [0.15, 0.2) is 11.1 Å². The average molecular weight is 165 g/mol. The Hall–Kier alpha value is -0.630. The Labute approximate surface area is 73.0 Å². The molecule has 0 aromatic rings. The first-order valence-corrected chi connectivity index (χ1v) is 4.64. The van der Waals surface area contributed by atoms with E-state index in [1.165, 1.54) is 12.0 Å². The van der Waals surface area contributed by atoms with Crippen LogP contribution in [0.5, 0.6) is 0 Å².